The number of anilines is 1. The van der Waals surface area contributed by atoms with E-state index in [0.29, 0.717) is 16.3 Å². The van der Waals surface area contributed by atoms with Crippen LogP contribution in [0.3, 0.4) is 0 Å². The van der Waals surface area contributed by atoms with Crippen molar-refractivity contribution in [3.8, 4) is 0 Å². The van der Waals surface area contributed by atoms with Gasteiger partial charge in [-0.15, -0.1) is 0 Å². The second kappa shape index (κ2) is 8.07. The molecule has 0 saturated carbocycles. The summed E-state index contributed by atoms with van der Waals surface area (Å²) >= 11 is 6.09. The van der Waals surface area contributed by atoms with Crippen molar-refractivity contribution in [2.75, 3.05) is 18.4 Å². The van der Waals surface area contributed by atoms with Gasteiger partial charge in [-0.3, -0.25) is 9.59 Å². The summed E-state index contributed by atoms with van der Waals surface area (Å²) < 4.78 is 1.85. The van der Waals surface area contributed by atoms with Crippen molar-refractivity contribution in [2.24, 2.45) is 0 Å². The van der Waals surface area contributed by atoms with Gasteiger partial charge in [0.05, 0.1) is 11.3 Å². The Morgan fingerprint density at radius 3 is 2.61 bits per heavy atom. The van der Waals surface area contributed by atoms with Gasteiger partial charge in [0.1, 0.15) is 6.54 Å². The van der Waals surface area contributed by atoms with Crippen molar-refractivity contribution < 1.29 is 9.59 Å². The second-order valence-corrected chi connectivity index (χ2v) is 7.53. The van der Waals surface area contributed by atoms with Crippen molar-refractivity contribution in [1.82, 2.24) is 9.47 Å². The average Bonchev–Trinajstić information content (AvgIpc) is 3.10. The molecule has 2 aromatic carbocycles. The summed E-state index contributed by atoms with van der Waals surface area (Å²) in [6.07, 6.45) is 5.09. The molecule has 6 heteroatoms. The molecule has 0 radical (unpaired) electrons. The molecule has 1 N–H and O–H groups in total. The lowest BCUT2D eigenvalue weighted by Crippen LogP contribution is -2.36. The molecule has 0 atom stereocenters. The van der Waals surface area contributed by atoms with E-state index in [9.17, 15) is 9.59 Å². The SMILES string of the molecule is O=C(Cn1ccc2ccc(Cl)cc21)Nc1ccccc1C(=O)N1CCCCC1. The van der Waals surface area contributed by atoms with Crippen LogP contribution in [0.15, 0.2) is 54.7 Å². The zero-order valence-corrected chi connectivity index (χ0v) is 16.3. The molecule has 3 aromatic rings. The Balaban J connectivity index is 1.51. The van der Waals surface area contributed by atoms with Crippen LogP contribution in [0.2, 0.25) is 5.02 Å². The van der Waals surface area contributed by atoms with Gasteiger partial charge in [0, 0.05) is 29.8 Å². The molecule has 1 aromatic heterocycles. The molecule has 2 heterocycles. The van der Waals surface area contributed by atoms with Crippen LogP contribution in [-0.4, -0.2) is 34.4 Å². The number of para-hydroxylation sites is 1. The first kappa shape index (κ1) is 18.6. The first-order valence-electron chi connectivity index (χ1n) is 9.54. The van der Waals surface area contributed by atoms with Gasteiger partial charge in [0.2, 0.25) is 5.91 Å². The molecule has 0 spiro atoms. The molecule has 1 aliphatic heterocycles. The molecular weight excluding hydrogens is 374 g/mol. The Bertz CT molecular complexity index is 1020. The van der Waals surface area contributed by atoms with Crippen LogP contribution < -0.4 is 5.32 Å². The van der Waals surface area contributed by atoms with E-state index in [2.05, 4.69) is 5.32 Å². The third-order valence-corrected chi connectivity index (χ3v) is 5.36. The number of fused-ring (bicyclic) bond motifs is 1. The summed E-state index contributed by atoms with van der Waals surface area (Å²) in [6.45, 7) is 1.70. The lowest BCUT2D eigenvalue weighted by Gasteiger charge is -2.27. The fourth-order valence-corrected chi connectivity index (χ4v) is 3.85. The van der Waals surface area contributed by atoms with Crippen LogP contribution in [0, 0.1) is 0 Å². The maximum atomic E-state index is 12.9. The minimum atomic E-state index is -0.184. The molecule has 0 aliphatic carbocycles. The van der Waals surface area contributed by atoms with Gasteiger partial charge < -0.3 is 14.8 Å². The van der Waals surface area contributed by atoms with Gasteiger partial charge in [0.15, 0.2) is 0 Å². The highest BCUT2D eigenvalue weighted by Gasteiger charge is 2.21. The minimum absolute atomic E-state index is 0.0196. The van der Waals surface area contributed by atoms with E-state index in [1.54, 1.807) is 12.1 Å². The smallest absolute Gasteiger partial charge is 0.255 e. The Labute approximate surface area is 168 Å². The van der Waals surface area contributed by atoms with Crippen LogP contribution in [0.5, 0.6) is 0 Å². The zero-order valence-electron chi connectivity index (χ0n) is 15.5. The van der Waals surface area contributed by atoms with Crippen LogP contribution in [-0.2, 0) is 11.3 Å². The summed E-state index contributed by atoms with van der Waals surface area (Å²) in [5.41, 5.74) is 2.00. The van der Waals surface area contributed by atoms with Gasteiger partial charge in [-0.2, -0.15) is 0 Å². The maximum absolute atomic E-state index is 12.9. The van der Waals surface area contributed by atoms with Crippen LogP contribution in [0.1, 0.15) is 29.6 Å². The van der Waals surface area contributed by atoms with E-state index in [1.807, 2.05) is 52.1 Å². The van der Waals surface area contributed by atoms with Crippen LogP contribution in [0.4, 0.5) is 5.69 Å². The maximum Gasteiger partial charge on any atom is 0.255 e. The van der Waals surface area contributed by atoms with Crippen LogP contribution >= 0.6 is 11.6 Å². The first-order valence-corrected chi connectivity index (χ1v) is 9.92. The predicted octanol–water partition coefficient (Wildman–Crippen LogP) is 4.56. The highest BCUT2D eigenvalue weighted by atomic mass is 35.5. The molecule has 144 valence electrons. The Morgan fingerprint density at radius 1 is 1.00 bits per heavy atom. The van der Waals surface area contributed by atoms with E-state index >= 15 is 0 Å². The molecule has 1 saturated heterocycles. The lowest BCUT2D eigenvalue weighted by molar-refractivity contribution is -0.116. The number of rotatable bonds is 4. The Morgan fingerprint density at radius 2 is 1.79 bits per heavy atom. The van der Waals surface area contributed by atoms with Crippen molar-refractivity contribution in [2.45, 2.75) is 25.8 Å². The number of piperidine rings is 1. The first-order chi connectivity index (χ1) is 13.6. The number of aromatic nitrogens is 1. The summed E-state index contributed by atoms with van der Waals surface area (Å²) in [7, 11) is 0. The minimum Gasteiger partial charge on any atom is -0.339 e. The highest BCUT2D eigenvalue weighted by molar-refractivity contribution is 6.31. The number of halogens is 1. The summed E-state index contributed by atoms with van der Waals surface area (Å²) in [5.74, 6) is -0.204. The summed E-state index contributed by atoms with van der Waals surface area (Å²) in [5, 5.41) is 4.56. The molecular formula is C22H22ClN3O2. The van der Waals surface area contributed by atoms with E-state index in [-0.39, 0.29) is 18.4 Å². The number of nitrogens with zero attached hydrogens (tertiary/aromatic N) is 2. The monoisotopic (exact) mass is 395 g/mol. The number of likely N-dealkylation sites (tertiary alicyclic amines) is 1. The molecule has 28 heavy (non-hydrogen) atoms. The van der Waals surface area contributed by atoms with Gasteiger partial charge >= 0.3 is 0 Å². The largest absolute Gasteiger partial charge is 0.339 e. The Kier molecular flexibility index (Phi) is 5.35. The van der Waals surface area contributed by atoms with Crippen molar-refractivity contribution in [3.05, 3.63) is 65.3 Å². The third-order valence-electron chi connectivity index (χ3n) is 5.12. The molecule has 0 unspecified atom stereocenters. The average molecular weight is 396 g/mol. The van der Waals surface area contributed by atoms with E-state index in [0.717, 1.165) is 43.3 Å². The molecule has 0 bridgehead atoms. The fourth-order valence-electron chi connectivity index (χ4n) is 3.69. The number of nitrogens with one attached hydrogen (secondary N) is 1. The van der Waals surface area contributed by atoms with Crippen LogP contribution in [0.25, 0.3) is 10.9 Å². The third kappa shape index (κ3) is 3.90. The quantitative estimate of drug-likeness (QED) is 0.704. The van der Waals surface area contributed by atoms with Gasteiger partial charge in [-0.1, -0.05) is 29.8 Å². The topological polar surface area (TPSA) is 54.3 Å². The van der Waals surface area contributed by atoms with E-state index < -0.39 is 0 Å². The molecule has 2 amide bonds. The fraction of sp³-hybridized carbons (Fsp3) is 0.273. The number of hydrogen-bond acceptors (Lipinski definition) is 2. The second-order valence-electron chi connectivity index (χ2n) is 7.09. The number of amides is 2. The van der Waals surface area contributed by atoms with Crippen molar-refractivity contribution in [1.29, 1.82) is 0 Å². The number of benzene rings is 2. The predicted molar refractivity (Wildman–Crippen MR) is 112 cm³/mol. The van der Waals surface area contributed by atoms with Gasteiger partial charge in [-0.25, -0.2) is 0 Å². The van der Waals surface area contributed by atoms with E-state index in [1.165, 1.54) is 0 Å². The molecule has 5 nitrogen and oxygen atoms in total. The van der Waals surface area contributed by atoms with E-state index in [4.69, 9.17) is 11.6 Å². The van der Waals surface area contributed by atoms with Crippen molar-refractivity contribution in [3.63, 3.8) is 0 Å². The number of hydrogen-bond donors (Lipinski definition) is 1. The number of carbonyl (C=O) groups is 2. The normalized spacial score (nSPS) is 14.2. The summed E-state index contributed by atoms with van der Waals surface area (Å²) in [4.78, 5) is 27.4. The summed E-state index contributed by atoms with van der Waals surface area (Å²) in [6, 6.07) is 14.8. The van der Waals surface area contributed by atoms with Gasteiger partial charge in [0.25, 0.3) is 5.91 Å². The standard InChI is InChI=1S/C22H22ClN3O2/c23-17-9-8-16-10-13-26(20(16)14-17)15-21(27)24-19-7-3-2-6-18(19)22(28)25-11-4-1-5-12-25/h2-3,6-10,13-14H,1,4-5,11-12,15H2,(H,24,27). The molecule has 1 aliphatic rings. The number of carbonyl (C=O) groups excluding carboxylic acids is 2. The Hall–Kier alpha value is -2.79. The lowest BCUT2D eigenvalue weighted by atomic mass is 10.1. The highest BCUT2D eigenvalue weighted by Crippen LogP contribution is 2.22. The molecule has 4 rings (SSSR count). The zero-order chi connectivity index (χ0) is 19.5. The van der Waals surface area contributed by atoms with Gasteiger partial charge in [-0.05, 0) is 55.0 Å². The molecule has 1 fully saturated rings. The van der Waals surface area contributed by atoms with Crippen molar-refractivity contribution >= 4 is 40.0 Å².